The third-order valence-corrected chi connectivity index (χ3v) is 0.487. The normalized spacial score (nSPS) is 7.71. The molecule has 3 N–H and O–H groups in total. The first-order chi connectivity index (χ1) is 2.91. The molecule has 0 aliphatic heterocycles. The first-order valence-corrected chi connectivity index (χ1v) is 1.93. The van der Waals surface area contributed by atoms with E-state index >= 15 is 0 Å². The van der Waals surface area contributed by atoms with Crippen molar-refractivity contribution in [3.63, 3.8) is 0 Å². The van der Waals surface area contributed by atoms with Crippen LogP contribution in [0.15, 0.2) is 0 Å². The topological polar surface area (TPSA) is 44.3 Å². The molecule has 0 saturated carbocycles. The Morgan fingerprint density at radius 3 is 2.14 bits per heavy atom. The van der Waals surface area contributed by atoms with Gasteiger partial charge in [-0.2, -0.15) is 0 Å². The van der Waals surface area contributed by atoms with Crippen LogP contribution in [0.5, 0.6) is 0 Å². The number of nitrogens with one attached hydrogen (secondary N) is 2. The predicted molar refractivity (Wildman–Crippen MR) is 31.0 cm³/mol. The average molecular weight is 127 g/mol. The second kappa shape index (κ2) is 9.48. The van der Waals surface area contributed by atoms with Crippen LogP contribution in [0.25, 0.3) is 0 Å². The van der Waals surface area contributed by atoms with Crippen molar-refractivity contribution < 1.29 is 5.21 Å². The van der Waals surface area contributed by atoms with Gasteiger partial charge < -0.3 is 10.5 Å². The summed E-state index contributed by atoms with van der Waals surface area (Å²) in [6, 6.07) is 0. The van der Waals surface area contributed by atoms with Crippen LogP contribution in [0.4, 0.5) is 0 Å². The molecule has 0 aromatic carbocycles. The summed E-state index contributed by atoms with van der Waals surface area (Å²) in [5, 5.41) is 10.8. The lowest BCUT2D eigenvalue weighted by atomic mass is 10.7. The van der Waals surface area contributed by atoms with Gasteiger partial charge in [-0.1, -0.05) is 0 Å². The molecule has 0 spiro atoms. The summed E-state index contributed by atoms with van der Waals surface area (Å²) in [7, 11) is 1.83. The molecule has 0 bridgehead atoms. The van der Waals surface area contributed by atoms with Crippen LogP contribution in [0.2, 0.25) is 0 Å². The molecule has 0 aromatic heterocycles. The molecule has 0 aliphatic carbocycles. The maximum atomic E-state index is 7.91. The van der Waals surface area contributed by atoms with E-state index < -0.39 is 0 Å². The van der Waals surface area contributed by atoms with Gasteiger partial charge in [-0.3, -0.25) is 0 Å². The summed E-state index contributed by atoms with van der Waals surface area (Å²) < 4.78 is 0. The largest absolute Gasteiger partial charge is 0.318 e. The van der Waals surface area contributed by atoms with E-state index in [0.29, 0.717) is 6.54 Å². The summed E-state index contributed by atoms with van der Waals surface area (Å²) >= 11 is 0. The van der Waals surface area contributed by atoms with E-state index in [4.69, 9.17) is 5.21 Å². The quantitative estimate of drug-likeness (QED) is 0.357. The Morgan fingerprint density at radius 2 is 2.00 bits per heavy atom. The maximum Gasteiger partial charge on any atom is 0.0332 e. The maximum absolute atomic E-state index is 7.91. The van der Waals surface area contributed by atoms with Gasteiger partial charge >= 0.3 is 0 Å². The lowest BCUT2D eigenvalue weighted by Gasteiger charge is -1.91. The molecule has 0 aliphatic rings. The van der Waals surface area contributed by atoms with E-state index in [1.807, 2.05) is 12.5 Å². The Hall–Kier alpha value is 0.170. The van der Waals surface area contributed by atoms with Crippen molar-refractivity contribution in [3.05, 3.63) is 0 Å². The molecule has 7 heavy (non-hydrogen) atoms. The molecule has 0 amide bonds. The molecule has 0 aromatic rings. The fourth-order valence-electron chi connectivity index (χ4n) is 0.181. The van der Waals surface area contributed by atoms with Gasteiger partial charge in [0.2, 0.25) is 0 Å². The Balaban J connectivity index is 0. The van der Waals surface area contributed by atoms with Crippen LogP contribution in [-0.4, -0.2) is 25.3 Å². The second-order valence-electron chi connectivity index (χ2n) is 1.01. The predicted octanol–water partition coefficient (Wildman–Crippen LogP) is -0.394. The summed E-state index contributed by atoms with van der Waals surface area (Å²) in [5.74, 6) is 0. The van der Waals surface area contributed by atoms with Crippen LogP contribution >= 0.6 is 12.4 Å². The van der Waals surface area contributed by atoms with Crippen LogP contribution in [0, 0.1) is 0 Å². The van der Waals surface area contributed by atoms with Gasteiger partial charge in [0.25, 0.3) is 0 Å². The zero-order valence-corrected chi connectivity index (χ0v) is 5.09. The van der Waals surface area contributed by atoms with Crippen LogP contribution in [0.3, 0.4) is 0 Å². The minimum Gasteiger partial charge on any atom is -0.318 e. The number of hydrogen-bond donors (Lipinski definition) is 3. The first kappa shape index (κ1) is 10.2. The second-order valence-corrected chi connectivity index (χ2v) is 1.01. The Bertz CT molecular complexity index is 24.9. The summed E-state index contributed by atoms with van der Waals surface area (Å²) in [6.07, 6.45) is 0. The van der Waals surface area contributed by atoms with E-state index in [-0.39, 0.29) is 12.4 Å². The lowest BCUT2D eigenvalue weighted by Crippen LogP contribution is -2.21. The highest BCUT2D eigenvalue weighted by Crippen LogP contribution is 1.44. The lowest BCUT2D eigenvalue weighted by molar-refractivity contribution is 0.168. The standard InChI is InChI=1S/C3H10N2O.ClH/c1-4-2-3-5-6;/h4-6H,2-3H2,1H3;1H. The van der Waals surface area contributed by atoms with Crippen molar-refractivity contribution in [2.45, 2.75) is 0 Å². The van der Waals surface area contributed by atoms with E-state index in [0.717, 1.165) is 6.54 Å². The highest BCUT2D eigenvalue weighted by atomic mass is 35.5. The minimum absolute atomic E-state index is 0. The monoisotopic (exact) mass is 126 g/mol. The summed E-state index contributed by atoms with van der Waals surface area (Å²) in [5.41, 5.74) is 2.01. The molecule has 0 unspecified atom stereocenters. The number of halogens is 1. The molecular formula is C3H11ClN2O. The van der Waals surface area contributed by atoms with Crippen molar-refractivity contribution in [2.24, 2.45) is 0 Å². The van der Waals surface area contributed by atoms with Crippen LogP contribution in [-0.2, 0) is 0 Å². The van der Waals surface area contributed by atoms with Crippen molar-refractivity contribution in [3.8, 4) is 0 Å². The van der Waals surface area contributed by atoms with Gasteiger partial charge in [0.15, 0.2) is 0 Å². The Kier molecular flexibility index (Phi) is 13.8. The highest BCUT2D eigenvalue weighted by Gasteiger charge is 1.72. The first-order valence-electron chi connectivity index (χ1n) is 1.93. The van der Waals surface area contributed by atoms with Gasteiger partial charge in [-0.15, -0.1) is 12.4 Å². The van der Waals surface area contributed by atoms with Gasteiger partial charge in [-0.25, -0.2) is 5.48 Å². The van der Waals surface area contributed by atoms with Crippen LogP contribution < -0.4 is 10.8 Å². The van der Waals surface area contributed by atoms with Crippen LogP contribution in [0.1, 0.15) is 0 Å². The highest BCUT2D eigenvalue weighted by molar-refractivity contribution is 5.85. The van der Waals surface area contributed by atoms with E-state index in [9.17, 15) is 0 Å². The zero-order valence-electron chi connectivity index (χ0n) is 4.27. The van der Waals surface area contributed by atoms with E-state index in [2.05, 4.69) is 5.32 Å². The average Bonchev–Trinajstić information content (AvgIpc) is 1.61. The molecule has 0 atom stereocenters. The van der Waals surface area contributed by atoms with Gasteiger partial charge in [-0.05, 0) is 7.05 Å². The molecule has 46 valence electrons. The fraction of sp³-hybridized carbons (Fsp3) is 1.00. The van der Waals surface area contributed by atoms with Gasteiger partial charge in [0.1, 0.15) is 0 Å². The molecule has 0 radical (unpaired) electrons. The SMILES string of the molecule is CNCCNO.Cl. The smallest absolute Gasteiger partial charge is 0.0332 e. The van der Waals surface area contributed by atoms with E-state index in [1.165, 1.54) is 0 Å². The van der Waals surface area contributed by atoms with Crippen molar-refractivity contribution in [2.75, 3.05) is 20.1 Å². The molecule has 3 nitrogen and oxygen atoms in total. The Morgan fingerprint density at radius 1 is 1.43 bits per heavy atom. The van der Waals surface area contributed by atoms with Gasteiger partial charge in [0.05, 0.1) is 0 Å². The summed E-state index contributed by atoms with van der Waals surface area (Å²) in [4.78, 5) is 0. The van der Waals surface area contributed by atoms with Gasteiger partial charge in [0, 0.05) is 13.1 Å². The van der Waals surface area contributed by atoms with Crippen molar-refractivity contribution >= 4 is 12.4 Å². The molecule has 0 rings (SSSR count). The molecular weight excluding hydrogens is 115 g/mol. The third-order valence-electron chi connectivity index (χ3n) is 0.487. The minimum atomic E-state index is 0. The van der Waals surface area contributed by atoms with Crippen molar-refractivity contribution in [1.29, 1.82) is 0 Å². The van der Waals surface area contributed by atoms with Crippen molar-refractivity contribution in [1.82, 2.24) is 10.8 Å². The number of hydroxylamine groups is 1. The summed E-state index contributed by atoms with van der Waals surface area (Å²) in [6.45, 7) is 1.41. The molecule has 0 fully saturated rings. The number of likely N-dealkylation sites (N-methyl/N-ethyl adjacent to an activating group) is 1. The van der Waals surface area contributed by atoms with E-state index in [1.54, 1.807) is 0 Å². The third kappa shape index (κ3) is 10.7. The number of hydrogen-bond acceptors (Lipinski definition) is 3. The molecule has 4 heteroatoms. The Labute approximate surface area is 49.5 Å². The molecule has 0 heterocycles. The number of rotatable bonds is 3. The zero-order chi connectivity index (χ0) is 4.83. The molecule has 0 saturated heterocycles. The fourth-order valence-corrected chi connectivity index (χ4v) is 0.181.